The van der Waals surface area contributed by atoms with Crippen LogP contribution in [0.15, 0.2) is 18.2 Å². The van der Waals surface area contributed by atoms with Crippen LogP contribution in [-0.4, -0.2) is 16.2 Å². The van der Waals surface area contributed by atoms with Gasteiger partial charge in [-0.15, -0.1) is 0 Å². The predicted molar refractivity (Wildman–Crippen MR) is 51.9 cm³/mol. The Kier molecular flexibility index (Phi) is 3.62. The number of aromatic hydroxyl groups is 1. The lowest BCUT2D eigenvalue weighted by molar-refractivity contribution is -0.137. The predicted octanol–water partition coefficient (Wildman–Crippen LogP) is 1.40. The van der Waals surface area contributed by atoms with Crippen LogP contribution in [0.4, 0.5) is 4.39 Å². The molecule has 0 fully saturated rings. The molecule has 0 aliphatic heterocycles. The summed E-state index contributed by atoms with van der Waals surface area (Å²) in [5.74, 6) is -1.60. The molecule has 0 bridgehead atoms. The molecule has 0 heterocycles. The van der Waals surface area contributed by atoms with Gasteiger partial charge in [0.05, 0.1) is 0 Å². The van der Waals surface area contributed by atoms with Crippen LogP contribution in [0.2, 0.25) is 0 Å². The second kappa shape index (κ2) is 4.75. The molecule has 0 spiro atoms. The molecule has 1 aromatic rings. The maximum atomic E-state index is 13.2. The van der Waals surface area contributed by atoms with E-state index in [0.717, 1.165) is 6.07 Å². The Morgan fingerprint density at radius 2 is 2.20 bits per heavy atom. The zero-order valence-corrected chi connectivity index (χ0v) is 7.98. The zero-order valence-electron chi connectivity index (χ0n) is 7.98. The van der Waals surface area contributed by atoms with Gasteiger partial charge in [-0.3, -0.25) is 4.79 Å². The van der Waals surface area contributed by atoms with E-state index in [1.165, 1.54) is 12.1 Å². The number of hydrogen-bond donors (Lipinski definition) is 3. The molecular formula is C10H12FNO3. The van der Waals surface area contributed by atoms with E-state index in [1.54, 1.807) is 0 Å². The molecule has 82 valence electrons. The number of rotatable bonds is 4. The van der Waals surface area contributed by atoms with E-state index in [4.69, 9.17) is 15.9 Å². The number of phenols is 1. The maximum Gasteiger partial charge on any atom is 0.303 e. The van der Waals surface area contributed by atoms with Gasteiger partial charge in [-0.25, -0.2) is 4.39 Å². The van der Waals surface area contributed by atoms with Crippen molar-refractivity contribution in [3.63, 3.8) is 0 Å². The van der Waals surface area contributed by atoms with Crippen LogP contribution in [0.3, 0.4) is 0 Å². The lowest BCUT2D eigenvalue weighted by Gasteiger charge is -2.11. The first-order valence-corrected chi connectivity index (χ1v) is 4.46. The van der Waals surface area contributed by atoms with Gasteiger partial charge in [0.25, 0.3) is 0 Å². The molecule has 1 rings (SSSR count). The molecule has 0 aliphatic rings. The Morgan fingerprint density at radius 3 is 2.80 bits per heavy atom. The van der Waals surface area contributed by atoms with Gasteiger partial charge in [-0.2, -0.15) is 0 Å². The third-order valence-electron chi connectivity index (χ3n) is 2.05. The smallest absolute Gasteiger partial charge is 0.303 e. The molecular weight excluding hydrogens is 201 g/mol. The first kappa shape index (κ1) is 11.5. The summed E-state index contributed by atoms with van der Waals surface area (Å²) in [4.78, 5) is 10.3. The lowest BCUT2D eigenvalue weighted by atomic mass is 10.0. The van der Waals surface area contributed by atoms with Crippen molar-refractivity contribution in [1.29, 1.82) is 0 Å². The largest absolute Gasteiger partial charge is 0.508 e. The molecule has 1 atom stereocenters. The van der Waals surface area contributed by atoms with Gasteiger partial charge in [0.2, 0.25) is 0 Å². The van der Waals surface area contributed by atoms with Crippen LogP contribution < -0.4 is 5.73 Å². The van der Waals surface area contributed by atoms with E-state index in [0.29, 0.717) is 0 Å². The quantitative estimate of drug-likeness (QED) is 0.705. The molecule has 4 nitrogen and oxygen atoms in total. The minimum Gasteiger partial charge on any atom is -0.508 e. The Balaban J connectivity index is 2.76. The number of carboxylic acid groups (broad SMARTS) is 1. The van der Waals surface area contributed by atoms with E-state index >= 15 is 0 Å². The molecule has 0 aromatic heterocycles. The van der Waals surface area contributed by atoms with Gasteiger partial charge >= 0.3 is 5.97 Å². The molecule has 0 amide bonds. The van der Waals surface area contributed by atoms with Crippen molar-refractivity contribution in [2.75, 3.05) is 0 Å². The zero-order chi connectivity index (χ0) is 11.4. The molecule has 0 saturated carbocycles. The fraction of sp³-hybridized carbons (Fsp3) is 0.300. The Hall–Kier alpha value is -1.62. The van der Waals surface area contributed by atoms with E-state index < -0.39 is 17.8 Å². The van der Waals surface area contributed by atoms with Crippen molar-refractivity contribution in [3.8, 4) is 5.75 Å². The first-order chi connectivity index (χ1) is 7.00. The van der Waals surface area contributed by atoms with Gasteiger partial charge in [0.15, 0.2) is 0 Å². The van der Waals surface area contributed by atoms with Gasteiger partial charge in [-0.05, 0) is 24.6 Å². The van der Waals surface area contributed by atoms with Crippen LogP contribution in [-0.2, 0) is 4.79 Å². The van der Waals surface area contributed by atoms with Crippen LogP contribution in [0.25, 0.3) is 0 Å². The Morgan fingerprint density at radius 1 is 1.53 bits per heavy atom. The normalized spacial score (nSPS) is 12.4. The number of phenolic OH excluding ortho intramolecular Hbond substituents is 1. The van der Waals surface area contributed by atoms with Crippen LogP contribution in [0, 0.1) is 5.82 Å². The number of benzene rings is 1. The number of aliphatic carboxylic acids is 1. The van der Waals surface area contributed by atoms with Crippen molar-refractivity contribution in [2.24, 2.45) is 5.73 Å². The van der Waals surface area contributed by atoms with E-state index in [1.807, 2.05) is 0 Å². The molecule has 1 unspecified atom stereocenters. The summed E-state index contributed by atoms with van der Waals surface area (Å²) in [6.07, 6.45) is 0.00592. The first-order valence-electron chi connectivity index (χ1n) is 4.46. The lowest BCUT2D eigenvalue weighted by Crippen LogP contribution is -2.13. The average molecular weight is 213 g/mol. The monoisotopic (exact) mass is 213 g/mol. The standard InChI is InChI=1S/C10H12FNO3/c11-8-2-1-6(13)5-7(8)9(12)3-4-10(14)15/h1-2,5,9,13H,3-4,12H2,(H,14,15). The van der Waals surface area contributed by atoms with Gasteiger partial charge in [0, 0.05) is 18.0 Å². The molecule has 15 heavy (non-hydrogen) atoms. The number of nitrogens with two attached hydrogens (primary N) is 1. The van der Waals surface area contributed by atoms with Crippen LogP contribution in [0.1, 0.15) is 24.4 Å². The van der Waals surface area contributed by atoms with Crippen molar-refractivity contribution in [1.82, 2.24) is 0 Å². The second-order valence-electron chi connectivity index (χ2n) is 3.24. The third-order valence-corrected chi connectivity index (χ3v) is 2.05. The minimum atomic E-state index is -0.981. The second-order valence-corrected chi connectivity index (χ2v) is 3.24. The molecule has 4 N–H and O–H groups in total. The molecule has 1 aromatic carbocycles. The summed E-state index contributed by atoms with van der Waals surface area (Å²) in [7, 11) is 0. The van der Waals surface area contributed by atoms with Crippen LogP contribution >= 0.6 is 0 Å². The average Bonchev–Trinajstić information content (AvgIpc) is 2.18. The SMILES string of the molecule is NC(CCC(=O)O)c1cc(O)ccc1F. The van der Waals surface area contributed by atoms with Crippen molar-refractivity contribution < 1.29 is 19.4 Å². The molecule has 0 aliphatic carbocycles. The Labute approximate surface area is 86.1 Å². The summed E-state index contributed by atoms with van der Waals surface area (Å²) in [5, 5.41) is 17.6. The molecule has 0 radical (unpaired) electrons. The number of carbonyl (C=O) groups is 1. The van der Waals surface area contributed by atoms with E-state index in [-0.39, 0.29) is 24.2 Å². The molecule has 5 heteroatoms. The highest BCUT2D eigenvalue weighted by Crippen LogP contribution is 2.23. The van der Waals surface area contributed by atoms with E-state index in [9.17, 15) is 9.18 Å². The van der Waals surface area contributed by atoms with Crippen molar-refractivity contribution in [2.45, 2.75) is 18.9 Å². The van der Waals surface area contributed by atoms with Crippen molar-refractivity contribution in [3.05, 3.63) is 29.6 Å². The topological polar surface area (TPSA) is 83.6 Å². The van der Waals surface area contributed by atoms with Crippen LogP contribution in [0.5, 0.6) is 5.75 Å². The van der Waals surface area contributed by atoms with Gasteiger partial charge in [0.1, 0.15) is 11.6 Å². The van der Waals surface area contributed by atoms with E-state index in [2.05, 4.69) is 0 Å². The maximum absolute atomic E-state index is 13.2. The third kappa shape index (κ3) is 3.21. The summed E-state index contributed by atoms with van der Waals surface area (Å²) < 4.78 is 13.2. The fourth-order valence-corrected chi connectivity index (χ4v) is 1.25. The summed E-state index contributed by atoms with van der Waals surface area (Å²) >= 11 is 0. The minimum absolute atomic E-state index is 0.0859. The van der Waals surface area contributed by atoms with Crippen molar-refractivity contribution >= 4 is 5.97 Å². The number of hydrogen-bond acceptors (Lipinski definition) is 3. The highest BCUT2D eigenvalue weighted by molar-refractivity contribution is 5.66. The number of carboxylic acids is 1. The summed E-state index contributed by atoms with van der Waals surface area (Å²) in [5.41, 5.74) is 5.73. The summed E-state index contributed by atoms with van der Waals surface area (Å²) in [6.45, 7) is 0. The fourth-order valence-electron chi connectivity index (χ4n) is 1.25. The Bertz CT molecular complexity index is 368. The highest BCUT2D eigenvalue weighted by atomic mass is 19.1. The highest BCUT2D eigenvalue weighted by Gasteiger charge is 2.13. The van der Waals surface area contributed by atoms with Gasteiger partial charge in [-0.1, -0.05) is 0 Å². The van der Waals surface area contributed by atoms with Gasteiger partial charge < -0.3 is 15.9 Å². The number of halogens is 1. The summed E-state index contributed by atoms with van der Waals surface area (Å²) in [6, 6.07) is 2.81. The molecule has 0 saturated heterocycles.